The van der Waals surface area contributed by atoms with Gasteiger partial charge in [-0.05, 0) is 24.6 Å². The fraction of sp³-hybridized carbons (Fsp3) is 0.250. The molecule has 4 heteroatoms. The van der Waals surface area contributed by atoms with Crippen LogP contribution < -0.4 is 0 Å². The molecule has 0 amide bonds. The summed E-state index contributed by atoms with van der Waals surface area (Å²) in [6.07, 6.45) is 4.04. The number of hydrogen-bond donors (Lipinski definition) is 0. The summed E-state index contributed by atoms with van der Waals surface area (Å²) in [5, 5.41) is 0. The average molecular weight is 216 g/mol. The lowest BCUT2D eigenvalue weighted by molar-refractivity contribution is 0.0505. The van der Waals surface area contributed by atoms with Crippen LogP contribution in [0.25, 0.3) is 11.0 Å². The van der Waals surface area contributed by atoms with Crippen LogP contribution in [-0.4, -0.2) is 22.5 Å². The summed E-state index contributed by atoms with van der Waals surface area (Å²) < 4.78 is 5.04. The third kappa shape index (κ3) is 2.16. The predicted octanol–water partition coefficient (Wildman–Crippen LogP) is 2.20. The Balaban J connectivity index is 2.28. The topological polar surface area (TPSA) is 52.1 Å². The van der Waals surface area contributed by atoms with E-state index in [-0.39, 0.29) is 5.97 Å². The van der Waals surface area contributed by atoms with Crippen molar-refractivity contribution in [3.63, 3.8) is 0 Å². The minimum Gasteiger partial charge on any atom is -0.462 e. The third-order valence-electron chi connectivity index (χ3n) is 2.14. The van der Waals surface area contributed by atoms with E-state index in [9.17, 15) is 4.79 Å². The first kappa shape index (κ1) is 10.5. The molecule has 82 valence electrons. The molecule has 1 aromatic heterocycles. The monoisotopic (exact) mass is 216 g/mol. The van der Waals surface area contributed by atoms with Crippen molar-refractivity contribution in [1.29, 1.82) is 0 Å². The number of ether oxygens (including phenoxy) is 1. The van der Waals surface area contributed by atoms with Crippen molar-refractivity contribution in [3.05, 3.63) is 36.2 Å². The molecule has 16 heavy (non-hydrogen) atoms. The Hall–Kier alpha value is -1.97. The first-order valence-corrected chi connectivity index (χ1v) is 5.19. The van der Waals surface area contributed by atoms with E-state index in [1.54, 1.807) is 30.6 Å². The fourth-order valence-electron chi connectivity index (χ4n) is 1.37. The number of aromatic nitrogens is 2. The number of rotatable bonds is 3. The van der Waals surface area contributed by atoms with E-state index >= 15 is 0 Å². The summed E-state index contributed by atoms with van der Waals surface area (Å²) in [6, 6.07) is 5.17. The van der Waals surface area contributed by atoms with Crippen LogP contribution >= 0.6 is 0 Å². The molecule has 0 radical (unpaired) electrons. The van der Waals surface area contributed by atoms with Gasteiger partial charge in [-0.1, -0.05) is 6.92 Å². The van der Waals surface area contributed by atoms with Crippen LogP contribution in [0.5, 0.6) is 0 Å². The van der Waals surface area contributed by atoms with E-state index in [1.807, 2.05) is 6.92 Å². The molecule has 0 bridgehead atoms. The molecule has 0 unspecified atom stereocenters. The van der Waals surface area contributed by atoms with Gasteiger partial charge in [0.05, 0.1) is 23.2 Å². The van der Waals surface area contributed by atoms with Gasteiger partial charge >= 0.3 is 5.97 Å². The molecule has 0 aliphatic rings. The van der Waals surface area contributed by atoms with Gasteiger partial charge in [0, 0.05) is 12.4 Å². The Kier molecular flexibility index (Phi) is 3.10. The number of benzene rings is 1. The SMILES string of the molecule is CCCOC(=O)c1ccc2nccnc2c1. The number of esters is 1. The summed E-state index contributed by atoms with van der Waals surface area (Å²) in [6.45, 7) is 2.40. The molecule has 0 spiro atoms. The normalized spacial score (nSPS) is 10.3. The zero-order valence-corrected chi connectivity index (χ0v) is 9.01. The molecule has 4 nitrogen and oxygen atoms in total. The molecular formula is C12H12N2O2. The molecular weight excluding hydrogens is 204 g/mol. The lowest BCUT2D eigenvalue weighted by Crippen LogP contribution is -2.05. The molecule has 0 saturated heterocycles. The van der Waals surface area contributed by atoms with Crippen molar-refractivity contribution in [2.24, 2.45) is 0 Å². The minimum absolute atomic E-state index is 0.311. The second-order valence-corrected chi connectivity index (χ2v) is 3.40. The third-order valence-corrected chi connectivity index (χ3v) is 2.14. The molecule has 0 N–H and O–H groups in total. The number of carbonyl (C=O) groups excluding carboxylic acids is 1. The van der Waals surface area contributed by atoms with Gasteiger partial charge in [0.25, 0.3) is 0 Å². The summed E-state index contributed by atoms with van der Waals surface area (Å²) >= 11 is 0. The predicted molar refractivity (Wildman–Crippen MR) is 60.1 cm³/mol. The van der Waals surface area contributed by atoms with Gasteiger partial charge in [-0.15, -0.1) is 0 Å². The van der Waals surface area contributed by atoms with Crippen molar-refractivity contribution >= 4 is 17.0 Å². The van der Waals surface area contributed by atoms with Crippen molar-refractivity contribution in [1.82, 2.24) is 9.97 Å². The fourth-order valence-corrected chi connectivity index (χ4v) is 1.37. The van der Waals surface area contributed by atoms with Crippen LogP contribution in [0.2, 0.25) is 0 Å². The van der Waals surface area contributed by atoms with E-state index in [0.717, 1.165) is 11.9 Å². The standard InChI is InChI=1S/C12H12N2O2/c1-2-7-16-12(15)9-3-4-10-11(8-9)14-6-5-13-10/h3-6,8H,2,7H2,1H3. The van der Waals surface area contributed by atoms with Crippen LogP contribution in [0.3, 0.4) is 0 Å². The summed E-state index contributed by atoms with van der Waals surface area (Å²) in [4.78, 5) is 19.8. The molecule has 0 fully saturated rings. The van der Waals surface area contributed by atoms with Crippen LogP contribution in [0.15, 0.2) is 30.6 Å². The average Bonchev–Trinajstić information content (AvgIpc) is 2.35. The summed E-state index contributed by atoms with van der Waals surface area (Å²) in [5.74, 6) is -0.311. The van der Waals surface area contributed by atoms with Crippen molar-refractivity contribution in [3.8, 4) is 0 Å². The van der Waals surface area contributed by atoms with Crippen LogP contribution in [0.4, 0.5) is 0 Å². The van der Waals surface area contributed by atoms with Crippen LogP contribution in [-0.2, 0) is 4.74 Å². The van der Waals surface area contributed by atoms with Crippen LogP contribution in [0, 0.1) is 0 Å². The maximum atomic E-state index is 11.6. The smallest absolute Gasteiger partial charge is 0.338 e. The zero-order valence-electron chi connectivity index (χ0n) is 9.01. The van der Waals surface area contributed by atoms with Gasteiger partial charge in [0.2, 0.25) is 0 Å². The second-order valence-electron chi connectivity index (χ2n) is 3.40. The Morgan fingerprint density at radius 3 is 2.75 bits per heavy atom. The molecule has 0 aliphatic heterocycles. The van der Waals surface area contributed by atoms with E-state index < -0.39 is 0 Å². The number of carbonyl (C=O) groups is 1. The van der Waals surface area contributed by atoms with Gasteiger partial charge in [0.1, 0.15) is 0 Å². The number of hydrogen-bond acceptors (Lipinski definition) is 4. The van der Waals surface area contributed by atoms with E-state index in [1.165, 1.54) is 0 Å². The molecule has 2 aromatic rings. The molecule has 2 rings (SSSR count). The highest BCUT2D eigenvalue weighted by Crippen LogP contribution is 2.11. The minimum atomic E-state index is -0.311. The second kappa shape index (κ2) is 4.70. The molecule has 0 saturated carbocycles. The highest BCUT2D eigenvalue weighted by molar-refractivity contribution is 5.93. The molecule has 1 aromatic carbocycles. The number of fused-ring (bicyclic) bond motifs is 1. The maximum absolute atomic E-state index is 11.6. The van der Waals surface area contributed by atoms with Gasteiger partial charge in [-0.2, -0.15) is 0 Å². The summed E-state index contributed by atoms with van der Waals surface area (Å²) in [5.41, 5.74) is 1.99. The first-order chi connectivity index (χ1) is 7.81. The van der Waals surface area contributed by atoms with Crippen molar-refractivity contribution < 1.29 is 9.53 Å². The van der Waals surface area contributed by atoms with Crippen molar-refractivity contribution in [2.75, 3.05) is 6.61 Å². The highest BCUT2D eigenvalue weighted by Gasteiger charge is 2.07. The van der Waals surface area contributed by atoms with Crippen molar-refractivity contribution in [2.45, 2.75) is 13.3 Å². The van der Waals surface area contributed by atoms with E-state index in [0.29, 0.717) is 17.7 Å². The Morgan fingerprint density at radius 1 is 1.25 bits per heavy atom. The zero-order chi connectivity index (χ0) is 11.4. The van der Waals surface area contributed by atoms with Crippen LogP contribution in [0.1, 0.15) is 23.7 Å². The lowest BCUT2D eigenvalue weighted by atomic mass is 10.2. The van der Waals surface area contributed by atoms with E-state index in [4.69, 9.17) is 4.74 Å². The summed E-state index contributed by atoms with van der Waals surface area (Å²) in [7, 11) is 0. The Labute approximate surface area is 93.3 Å². The quantitative estimate of drug-likeness (QED) is 0.738. The van der Waals surface area contributed by atoms with Gasteiger partial charge in [0.15, 0.2) is 0 Å². The highest BCUT2D eigenvalue weighted by atomic mass is 16.5. The molecule has 0 atom stereocenters. The first-order valence-electron chi connectivity index (χ1n) is 5.19. The van der Waals surface area contributed by atoms with Gasteiger partial charge < -0.3 is 4.74 Å². The molecule has 0 aliphatic carbocycles. The Morgan fingerprint density at radius 2 is 2.00 bits per heavy atom. The maximum Gasteiger partial charge on any atom is 0.338 e. The number of nitrogens with zero attached hydrogens (tertiary/aromatic N) is 2. The van der Waals surface area contributed by atoms with Gasteiger partial charge in [-0.25, -0.2) is 4.79 Å². The van der Waals surface area contributed by atoms with Gasteiger partial charge in [-0.3, -0.25) is 9.97 Å². The lowest BCUT2D eigenvalue weighted by Gasteiger charge is -2.03. The molecule has 1 heterocycles. The largest absolute Gasteiger partial charge is 0.462 e. The van der Waals surface area contributed by atoms with E-state index in [2.05, 4.69) is 9.97 Å². The Bertz CT molecular complexity index is 511.